The third-order valence-electron chi connectivity index (χ3n) is 1.39. The first-order chi connectivity index (χ1) is 4.25. The molecular formula is C6H10O2S. The second kappa shape index (κ2) is 2.52. The first-order valence-electron chi connectivity index (χ1n) is 2.89. The molecule has 0 bridgehead atoms. The van der Waals surface area contributed by atoms with E-state index in [1.54, 1.807) is 0 Å². The molecule has 0 N–H and O–H groups in total. The molecule has 1 aliphatic rings. The summed E-state index contributed by atoms with van der Waals surface area (Å²) in [4.78, 5) is 0. The van der Waals surface area contributed by atoms with E-state index in [2.05, 4.69) is 6.58 Å². The van der Waals surface area contributed by atoms with Gasteiger partial charge in [0.1, 0.15) is 6.10 Å². The third-order valence-corrected chi connectivity index (χ3v) is 2.87. The highest BCUT2D eigenvalue weighted by molar-refractivity contribution is 7.93. The summed E-state index contributed by atoms with van der Waals surface area (Å²) in [6.45, 7) is 5.33. The minimum atomic E-state index is -0.603. The van der Waals surface area contributed by atoms with Crippen molar-refractivity contribution in [1.82, 2.24) is 0 Å². The molecule has 52 valence electrons. The van der Waals surface area contributed by atoms with E-state index < -0.39 is 10.8 Å². The first-order valence-corrected chi connectivity index (χ1v) is 4.27. The summed E-state index contributed by atoms with van der Waals surface area (Å²) in [7, 11) is -0.603. The Morgan fingerprint density at radius 2 is 2.56 bits per heavy atom. The maximum absolute atomic E-state index is 10.6. The Morgan fingerprint density at radius 3 is 2.89 bits per heavy atom. The highest BCUT2D eigenvalue weighted by Gasteiger charge is 2.38. The Morgan fingerprint density at radius 1 is 2.00 bits per heavy atom. The van der Waals surface area contributed by atoms with E-state index in [1.807, 2.05) is 6.92 Å². The summed E-state index contributed by atoms with van der Waals surface area (Å²) < 4.78 is 15.6. The fourth-order valence-electron chi connectivity index (χ4n) is 0.711. The van der Waals surface area contributed by atoms with Gasteiger partial charge in [-0.05, 0) is 6.92 Å². The van der Waals surface area contributed by atoms with Crippen LogP contribution in [-0.4, -0.2) is 21.3 Å². The van der Waals surface area contributed by atoms with Gasteiger partial charge in [0.05, 0.1) is 11.5 Å². The molecule has 3 atom stereocenters. The van der Waals surface area contributed by atoms with Crippen molar-refractivity contribution < 1.29 is 8.95 Å². The zero-order valence-electron chi connectivity index (χ0n) is 5.37. The first kappa shape index (κ1) is 6.81. The lowest BCUT2D eigenvalue weighted by Crippen LogP contribution is -2.11. The number of ether oxygens (including phenoxy) is 1. The van der Waals surface area contributed by atoms with Crippen LogP contribution in [0.15, 0.2) is 12.8 Å². The van der Waals surface area contributed by atoms with E-state index in [4.69, 9.17) is 4.74 Å². The van der Waals surface area contributed by atoms with Crippen LogP contribution in [0.2, 0.25) is 0 Å². The van der Waals surface area contributed by atoms with Crippen LogP contribution in [0.1, 0.15) is 6.92 Å². The van der Waals surface area contributed by atoms with Gasteiger partial charge in [0.2, 0.25) is 0 Å². The van der Waals surface area contributed by atoms with E-state index in [9.17, 15) is 4.21 Å². The van der Waals surface area contributed by atoms with Gasteiger partial charge < -0.3 is 4.74 Å². The predicted octanol–water partition coefficient (Wildman–Crippen LogP) is 0.666. The van der Waals surface area contributed by atoms with Gasteiger partial charge in [-0.15, -0.1) is 0 Å². The van der Waals surface area contributed by atoms with Crippen LogP contribution in [0.3, 0.4) is 0 Å². The van der Waals surface area contributed by atoms with E-state index in [-0.39, 0.29) is 11.4 Å². The molecule has 1 rings (SSSR count). The molecule has 0 aromatic rings. The van der Waals surface area contributed by atoms with Gasteiger partial charge in [-0.3, -0.25) is 4.21 Å². The van der Waals surface area contributed by atoms with E-state index in [0.29, 0.717) is 0 Å². The zero-order valence-corrected chi connectivity index (χ0v) is 6.19. The lowest BCUT2D eigenvalue weighted by atomic mass is 10.3. The average molecular weight is 146 g/mol. The van der Waals surface area contributed by atoms with Crippen LogP contribution in [0, 0.1) is 0 Å². The Balaban J connectivity index is 2.26. The molecule has 1 heterocycles. The van der Waals surface area contributed by atoms with Crippen molar-refractivity contribution in [3.63, 3.8) is 0 Å². The van der Waals surface area contributed by atoms with Crippen molar-refractivity contribution in [2.24, 2.45) is 0 Å². The number of hydrogen-bond donors (Lipinski definition) is 0. The van der Waals surface area contributed by atoms with Crippen LogP contribution >= 0.6 is 0 Å². The lowest BCUT2D eigenvalue weighted by molar-refractivity contribution is 0.170. The van der Waals surface area contributed by atoms with Gasteiger partial charge >= 0.3 is 0 Å². The molecule has 9 heavy (non-hydrogen) atoms. The van der Waals surface area contributed by atoms with Gasteiger partial charge in [0.25, 0.3) is 0 Å². The van der Waals surface area contributed by atoms with E-state index >= 15 is 0 Å². The summed E-state index contributed by atoms with van der Waals surface area (Å²) >= 11 is 0. The molecule has 1 saturated heterocycles. The Labute approximate surface area is 57.4 Å². The van der Waals surface area contributed by atoms with Gasteiger partial charge in [-0.2, -0.15) is 0 Å². The summed E-state index contributed by atoms with van der Waals surface area (Å²) in [5, 5.41) is 0.267. The number of hydrogen-bond acceptors (Lipinski definition) is 2. The number of rotatable bonds is 3. The largest absolute Gasteiger partial charge is 0.498 e. The van der Waals surface area contributed by atoms with Gasteiger partial charge in [-0.1, -0.05) is 6.58 Å². The van der Waals surface area contributed by atoms with Gasteiger partial charge in [0.15, 0.2) is 0 Å². The van der Waals surface area contributed by atoms with Crippen LogP contribution in [-0.2, 0) is 15.5 Å². The topological polar surface area (TPSA) is 26.3 Å². The van der Waals surface area contributed by atoms with Crippen molar-refractivity contribution >= 4 is 10.8 Å². The molecule has 0 aliphatic carbocycles. The molecule has 3 heteroatoms. The van der Waals surface area contributed by atoms with Crippen molar-refractivity contribution in [1.29, 1.82) is 0 Å². The summed E-state index contributed by atoms with van der Waals surface area (Å²) in [5.41, 5.74) is 0. The van der Waals surface area contributed by atoms with Crippen molar-refractivity contribution in [3.05, 3.63) is 12.8 Å². The Hall–Kier alpha value is -0.310. The molecule has 0 radical (unpaired) electrons. The molecule has 0 saturated carbocycles. The molecule has 2 nitrogen and oxygen atoms in total. The minimum absolute atomic E-state index is 0.0864. The summed E-state index contributed by atoms with van der Waals surface area (Å²) in [6, 6.07) is 0. The van der Waals surface area contributed by atoms with E-state index in [0.717, 1.165) is 5.75 Å². The summed E-state index contributed by atoms with van der Waals surface area (Å²) in [5.74, 6) is 0.801. The molecule has 0 spiro atoms. The highest BCUT2D eigenvalue weighted by Crippen LogP contribution is 2.21. The minimum Gasteiger partial charge on any atom is -0.498 e. The molecule has 1 fully saturated rings. The van der Waals surface area contributed by atoms with Crippen LogP contribution in [0.25, 0.3) is 0 Å². The molecule has 0 amide bonds. The van der Waals surface area contributed by atoms with Crippen LogP contribution in [0.4, 0.5) is 0 Å². The maximum atomic E-state index is 10.6. The third kappa shape index (κ3) is 1.55. The van der Waals surface area contributed by atoms with E-state index in [1.165, 1.54) is 6.26 Å². The zero-order chi connectivity index (χ0) is 6.85. The SMILES string of the molecule is C=COC(C)C1CS1=O. The fourth-order valence-corrected chi connectivity index (χ4v) is 1.89. The average Bonchev–Trinajstić information content (AvgIpc) is 2.47. The molecule has 1 aliphatic heterocycles. The van der Waals surface area contributed by atoms with Crippen molar-refractivity contribution in [3.8, 4) is 0 Å². The van der Waals surface area contributed by atoms with Gasteiger partial charge in [0, 0.05) is 16.6 Å². The Bertz CT molecular complexity index is 144. The van der Waals surface area contributed by atoms with Crippen LogP contribution in [0.5, 0.6) is 0 Å². The maximum Gasteiger partial charge on any atom is 0.110 e. The normalized spacial score (nSPS) is 35.2. The van der Waals surface area contributed by atoms with Gasteiger partial charge in [-0.25, -0.2) is 0 Å². The van der Waals surface area contributed by atoms with Crippen molar-refractivity contribution in [2.75, 3.05) is 5.75 Å². The molecule has 3 unspecified atom stereocenters. The molecule has 0 aromatic heterocycles. The quantitative estimate of drug-likeness (QED) is 0.432. The second-order valence-electron chi connectivity index (χ2n) is 2.09. The highest BCUT2D eigenvalue weighted by atomic mass is 32.2. The predicted molar refractivity (Wildman–Crippen MR) is 37.5 cm³/mol. The smallest absolute Gasteiger partial charge is 0.110 e. The molecular weight excluding hydrogens is 136 g/mol. The monoisotopic (exact) mass is 146 g/mol. The lowest BCUT2D eigenvalue weighted by Gasteiger charge is -2.05. The summed E-state index contributed by atoms with van der Waals surface area (Å²) in [6.07, 6.45) is 1.49. The van der Waals surface area contributed by atoms with Crippen molar-refractivity contribution in [2.45, 2.75) is 18.3 Å². The Kier molecular flexibility index (Phi) is 1.90. The molecule has 0 aromatic carbocycles. The fraction of sp³-hybridized carbons (Fsp3) is 0.667. The second-order valence-corrected chi connectivity index (χ2v) is 3.79. The van der Waals surface area contributed by atoms with Crippen LogP contribution < -0.4 is 0 Å². The standard InChI is InChI=1S/C6H10O2S/c1-3-8-5(2)6-4-9(6)7/h3,5-6H,1,4H2,2H3.